The molecule has 1 aliphatic rings. The van der Waals surface area contributed by atoms with Crippen LogP contribution in [0.1, 0.15) is 15.2 Å². The van der Waals surface area contributed by atoms with Crippen molar-refractivity contribution >= 4 is 40.6 Å². The van der Waals surface area contributed by atoms with Crippen LogP contribution >= 0.6 is 23.1 Å². The quantitative estimate of drug-likeness (QED) is 0.449. The molecule has 2 heterocycles. The van der Waals surface area contributed by atoms with Crippen LogP contribution in [0.15, 0.2) is 40.6 Å². The summed E-state index contributed by atoms with van der Waals surface area (Å²) in [6, 6.07) is 8.68. The number of carbonyl (C=O) groups is 1. The predicted octanol–water partition coefficient (Wildman–Crippen LogP) is 4.34. The van der Waals surface area contributed by atoms with E-state index in [-0.39, 0.29) is 11.6 Å². The average Bonchev–Trinajstić information content (AvgIpc) is 3.08. The molecule has 0 unspecified atom stereocenters. The summed E-state index contributed by atoms with van der Waals surface area (Å²) in [4.78, 5) is 15.2. The van der Waals surface area contributed by atoms with Crippen molar-refractivity contribution in [3.63, 3.8) is 0 Å². The highest BCUT2D eigenvalue weighted by Crippen LogP contribution is 2.26. The molecule has 1 fully saturated rings. The van der Waals surface area contributed by atoms with Crippen LogP contribution in [0.2, 0.25) is 0 Å². The summed E-state index contributed by atoms with van der Waals surface area (Å²) in [5.74, 6) is -0.557. The van der Waals surface area contributed by atoms with Crippen molar-refractivity contribution in [2.24, 2.45) is 0 Å². The van der Waals surface area contributed by atoms with Gasteiger partial charge in [-0.2, -0.15) is 0 Å². The summed E-state index contributed by atoms with van der Waals surface area (Å²) in [5.41, 5.74) is 0.893. The zero-order valence-corrected chi connectivity index (χ0v) is 15.0. The Morgan fingerprint density at radius 1 is 1.29 bits per heavy atom. The van der Waals surface area contributed by atoms with Crippen LogP contribution in [0.5, 0.6) is 0 Å². The minimum absolute atomic E-state index is 0.193. The van der Waals surface area contributed by atoms with Crippen LogP contribution in [0.25, 0.3) is 6.08 Å². The molecule has 0 saturated carbocycles. The van der Waals surface area contributed by atoms with Gasteiger partial charge in [0.25, 0.3) is 0 Å². The summed E-state index contributed by atoms with van der Waals surface area (Å²) < 4.78 is 20.8. The lowest BCUT2D eigenvalue weighted by atomic mass is 10.1. The first-order chi connectivity index (χ1) is 11.7. The molecule has 3 rings (SSSR count). The van der Waals surface area contributed by atoms with Gasteiger partial charge in [0.05, 0.1) is 23.1 Å². The van der Waals surface area contributed by atoms with Crippen molar-refractivity contribution in [1.82, 2.24) is 0 Å². The Balaban J connectivity index is 1.71. The lowest BCUT2D eigenvalue weighted by Crippen LogP contribution is -2.36. The van der Waals surface area contributed by atoms with Crippen LogP contribution in [0.3, 0.4) is 0 Å². The SMILES string of the molecule is CSc1ccc(C=CC(=O)c2ccc(N3CCOCC3)c(F)c2)s1. The number of thiophene rings is 1. The molecule has 24 heavy (non-hydrogen) atoms. The number of morpholine rings is 1. The Bertz CT molecular complexity index is 751. The first kappa shape index (κ1) is 17.2. The number of nitrogens with zero attached hydrogens (tertiary/aromatic N) is 1. The summed E-state index contributed by atoms with van der Waals surface area (Å²) in [5, 5.41) is 0. The van der Waals surface area contributed by atoms with Crippen LogP contribution in [0, 0.1) is 5.82 Å². The van der Waals surface area contributed by atoms with E-state index in [1.54, 1.807) is 41.3 Å². The molecule has 2 aromatic rings. The first-order valence-corrected chi connectivity index (χ1v) is 9.70. The number of hydrogen-bond donors (Lipinski definition) is 0. The lowest BCUT2D eigenvalue weighted by molar-refractivity contribution is 0.104. The Kier molecular flexibility index (Phi) is 5.71. The number of anilines is 1. The minimum atomic E-state index is -0.364. The lowest BCUT2D eigenvalue weighted by Gasteiger charge is -2.29. The number of carbonyl (C=O) groups excluding carboxylic acids is 1. The highest BCUT2D eigenvalue weighted by atomic mass is 32.2. The second-order valence-electron chi connectivity index (χ2n) is 5.32. The molecule has 0 radical (unpaired) electrons. The smallest absolute Gasteiger partial charge is 0.185 e. The van der Waals surface area contributed by atoms with E-state index in [0.717, 1.165) is 4.88 Å². The van der Waals surface area contributed by atoms with E-state index in [0.29, 0.717) is 37.6 Å². The summed E-state index contributed by atoms with van der Waals surface area (Å²) in [6.45, 7) is 2.53. The molecule has 0 aliphatic carbocycles. The number of allylic oxidation sites excluding steroid dienone is 1. The molecule has 0 spiro atoms. The van der Waals surface area contributed by atoms with Gasteiger partial charge in [0.2, 0.25) is 0 Å². The predicted molar refractivity (Wildman–Crippen MR) is 98.9 cm³/mol. The number of ether oxygens (including phenoxy) is 1. The third-order valence-electron chi connectivity index (χ3n) is 3.79. The monoisotopic (exact) mass is 363 g/mol. The van der Waals surface area contributed by atoms with Crippen LogP contribution in [-0.4, -0.2) is 38.3 Å². The molecule has 0 amide bonds. The third-order valence-corrected chi connectivity index (χ3v) is 5.92. The number of benzene rings is 1. The Morgan fingerprint density at radius 2 is 2.08 bits per heavy atom. The summed E-state index contributed by atoms with van der Waals surface area (Å²) >= 11 is 3.30. The fraction of sp³-hybridized carbons (Fsp3) is 0.278. The molecule has 6 heteroatoms. The average molecular weight is 363 g/mol. The van der Waals surface area contributed by atoms with Gasteiger partial charge in [-0.15, -0.1) is 23.1 Å². The highest BCUT2D eigenvalue weighted by Gasteiger charge is 2.16. The van der Waals surface area contributed by atoms with Crippen molar-refractivity contribution < 1.29 is 13.9 Å². The maximum absolute atomic E-state index is 14.3. The molecule has 0 atom stereocenters. The summed E-state index contributed by atoms with van der Waals surface area (Å²) in [7, 11) is 0. The standard InChI is InChI=1S/C18H18FNO2S2/c1-23-18-7-4-14(24-18)3-6-17(21)13-2-5-16(15(19)12-13)20-8-10-22-11-9-20/h2-7,12H,8-11H2,1H3. The molecular weight excluding hydrogens is 345 g/mol. The van der Waals surface area contributed by atoms with Crippen LogP contribution in [0.4, 0.5) is 10.1 Å². The first-order valence-electron chi connectivity index (χ1n) is 7.66. The molecule has 126 valence electrons. The normalized spacial score (nSPS) is 15.2. The number of rotatable bonds is 5. The van der Waals surface area contributed by atoms with Gasteiger partial charge < -0.3 is 9.64 Å². The fourth-order valence-electron chi connectivity index (χ4n) is 2.51. The molecular formula is C18H18FNO2S2. The van der Waals surface area contributed by atoms with Crippen LogP contribution in [-0.2, 0) is 4.74 Å². The minimum Gasteiger partial charge on any atom is -0.378 e. The molecule has 1 aromatic carbocycles. The zero-order chi connectivity index (χ0) is 16.9. The van der Waals surface area contributed by atoms with Gasteiger partial charge in [0.1, 0.15) is 5.82 Å². The van der Waals surface area contributed by atoms with Gasteiger partial charge in [0, 0.05) is 23.5 Å². The zero-order valence-electron chi connectivity index (χ0n) is 13.3. The number of ketones is 1. The van der Waals surface area contributed by atoms with E-state index < -0.39 is 0 Å². The number of halogens is 1. The van der Waals surface area contributed by atoms with Crippen molar-refractivity contribution in [2.75, 3.05) is 37.5 Å². The topological polar surface area (TPSA) is 29.5 Å². The van der Waals surface area contributed by atoms with Crippen molar-refractivity contribution in [3.05, 3.63) is 52.7 Å². The van der Waals surface area contributed by atoms with Crippen molar-refractivity contribution in [1.29, 1.82) is 0 Å². The largest absolute Gasteiger partial charge is 0.378 e. The van der Waals surface area contributed by atoms with E-state index in [1.165, 1.54) is 16.4 Å². The Labute approximate surface area is 149 Å². The molecule has 3 nitrogen and oxygen atoms in total. The van der Waals surface area contributed by atoms with Gasteiger partial charge in [-0.1, -0.05) is 0 Å². The number of thioether (sulfide) groups is 1. The van der Waals surface area contributed by atoms with E-state index in [4.69, 9.17) is 4.74 Å². The van der Waals surface area contributed by atoms with E-state index in [9.17, 15) is 9.18 Å². The van der Waals surface area contributed by atoms with Gasteiger partial charge in [-0.3, -0.25) is 4.79 Å². The molecule has 1 aromatic heterocycles. The number of hydrogen-bond acceptors (Lipinski definition) is 5. The van der Waals surface area contributed by atoms with Gasteiger partial charge in [-0.25, -0.2) is 4.39 Å². The van der Waals surface area contributed by atoms with Crippen molar-refractivity contribution in [2.45, 2.75) is 4.21 Å². The van der Waals surface area contributed by atoms with Gasteiger partial charge in [-0.05, 0) is 48.7 Å². The van der Waals surface area contributed by atoms with E-state index in [2.05, 4.69) is 0 Å². The summed E-state index contributed by atoms with van der Waals surface area (Å²) in [6.07, 6.45) is 5.29. The van der Waals surface area contributed by atoms with Gasteiger partial charge in [0.15, 0.2) is 5.78 Å². The molecule has 1 aliphatic heterocycles. The molecule has 0 bridgehead atoms. The van der Waals surface area contributed by atoms with E-state index in [1.807, 2.05) is 23.3 Å². The Hall–Kier alpha value is -1.63. The third kappa shape index (κ3) is 4.06. The van der Waals surface area contributed by atoms with Crippen molar-refractivity contribution in [3.8, 4) is 0 Å². The maximum atomic E-state index is 14.3. The molecule has 1 saturated heterocycles. The van der Waals surface area contributed by atoms with E-state index >= 15 is 0 Å². The second kappa shape index (κ2) is 7.96. The van der Waals surface area contributed by atoms with Gasteiger partial charge >= 0.3 is 0 Å². The molecule has 0 N–H and O–H groups in total. The highest BCUT2D eigenvalue weighted by molar-refractivity contribution is 8.00. The maximum Gasteiger partial charge on any atom is 0.185 e. The van der Waals surface area contributed by atoms with Crippen LogP contribution < -0.4 is 4.90 Å². The fourth-order valence-corrected chi connectivity index (χ4v) is 3.98. The second-order valence-corrected chi connectivity index (χ2v) is 7.55. The Morgan fingerprint density at radius 3 is 2.75 bits per heavy atom.